The molecule has 0 radical (unpaired) electrons. The van der Waals surface area contributed by atoms with Crippen molar-refractivity contribution >= 4 is 11.7 Å². The van der Waals surface area contributed by atoms with E-state index in [-0.39, 0.29) is 17.9 Å². The Morgan fingerprint density at radius 1 is 1.22 bits per heavy atom. The number of carbonyl (C=O) groups excluding carboxylic acids is 1. The number of aliphatic hydroxyl groups excluding tert-OH is 1. The van der Waals surface area contributed by atoms with E-state index in [1.807, 2.05) is 0 Å². The summed E-state index contributed by atoms with van der Waals surface area (Å²) >= 11 is 0. The summed E-state index contributed by atoms with van der Waals surface area (Å²) in [6, 6.07) is 4.99. The van der Waals surface area contributed by atoms with Crippen LogP contribution in [-0.2, 0) is 0 Å². The summed E-state index contributed by atoms with van der Waals surface area (Å²) in [5.74, 6) is -0.344. The molecule has 1 saturated carbocycles. The number of urea groups is 1. The van der Waals surface area contributed by atoms with Crippen LogP contribution < -0.4 is 10.6 Å². The molecule has 1 aromatic rings. The molecule has 1 aromatic carbocycles. The van der Waals surface area contributed by atoms with Crippen molar-refractivity contribution in [3.8, 4) is 0 Å². The van der Waals surface area contributed by atoms with E-state index in [0.717, 1.165) is 25.7 Å². The van der Waals surface area contributed by atoms with Gasteiger partial charge in [0.05, 0.1) is 12.1 Å². The maximum absolute atomic E-state index is 12.7. The first-order chi connectivity index (χ1) is 8.65. The molecule has 1 aliphatic rings. The van der Waals surface area contributed by atoms with Crippen molar-refractivity contribution in [1.82, 2.24) is 5.32 Å². The first-order valence-electron chi connectivity index (χ1n) is 6.16. The largest absolute Gasteiger partial charge is 0.391 e. The van der Waals surface area contributed by atoms with E-state index in [9.17, 15) is 14.3 Å². The standard InChI is InChI=1S/C13H17FN2O2/c14-9-5-7-10(8-6-9)15-13(18)16-11-3-1-2-4-12(11)17/h5-8,11-12,17H,1-4H2,(H2,15,16,18)/t11-,12-/m1/s1. The van der Waals surface area contributed by atoms with Crippen molar-refractivity contribution in [2.24, 2.45) is 0 Å². The van der Waals surface area contributed by atoms with E-state index in [1.54, 1.807) is 0 Å². The third-order valence-electron chi connectivity index (χ3n) is 3.15. The quantitative estimate of drug-likeness (QED) is 0.756. The molecule has 3 N–H and O–H groups in total. The van der Waals surface area contributed by atoms with Gasteiger partial charge in [-0.05, 0) is 37.1 Å². The van der Waals surface area contributed by atoms with Crippen molar-refractivity contribution in [2.45, 2.75) is 37.8 Å². The van der Waals surface area contributed by atoms with Gasteiger partial charge in [0.2, 0.25) is 0 Å². The smallest absolute Gasteiger partial charge is 0.319 e. The molecule has 5 heteroatoms. The van der Waals surface area contributed by atoms with Gasteiger partial charge in [-0.15, -0.1) is 0 Å². The number of aliphatic hydroxyl groups is 1. The first-order valence-corrected chi connectivity index (χ1v) is 6.16. The van der Waals surface area contributed by atoms with Crippen molar-refractivity contribution < 1.29 is 14.3 Å². The van der Waals surface area contributed by atoms with Crippen LogP contribution in [0, 0.1) is 5.82 Å². The highest BCUT2D eigenvalue weighted by molar-refractivity contribution is 5.89. The molecule has 0 aliphatic heterocycles. The average molecular weight is 252 g/mol. The van der Waals surface area contributed by atoms with Gasteiger partial charge in [0.1, 0.15) is 5.82 Å². The molecule has 1 fully saturated rings. The number of anilines is 1. The molecule has 0 saturated heterocycles. The van der Waals surface area contributed by atoms with Gasteiger partial charge in [0, 0.05) is 5.69 Å². The van der Waals surface area contributed by atoms with E-state index in [1.165, 1.54) is 24.3 Å². The Bertz CT molecular complexity index is 408. The highest BCUT2D eigenvalue weighted by Gasteiger charge is 2.24. The van der Waals surface area contributed by atoms with Crippen molar-refractivity contribution in [3.63, 3.8) is 0 Å². The number of hydrogen-bond acceptors (Lipinski definition) is 2. The molecule has 0 aromatic heterocycles. The number of benzene rings is 1. The Morgan fingerprint density at radius 3 is 2.56 bits per heavy atom. The third-order valence-corrected chi connectivity index (χ3v) is 3.15. The number of hydrogen-bond donors (Lipinski definition) is 3. The Balaban J connectivity index is 1.86. The lowest BCUT2D eigenvalue weighted by Crippen LogP contribution is -2.46. The Labute approximate surface area is 105 Å². The second-order valence-corrected chi connectivity index (χ2v) is 4.56. The van der Waals surface area contributed by atoms with E-state index >= 15 is 0 Å². The molecule has 2 rings (SSSR count). The molecular weight excluding hydrogens is 235 g/mol. The summed E-state index contributed by atoms with van der Waals surface area (Å²) in [4.78, 5) is 11.7. The molecule has 0 spiro atoms. The number of halogens is 1. The average Bonchev–Trinajstić information content (AvgIpc) is 2.35. The van der Waals surface area contributed by atoms with Gasteiger partial charge in [-0.1, -0.05) is 12.8 Å². The Morgan fingerprint density at radius 2 is 1.89 bits per heavy atom. The SMILES string of the molecule is O=C(Nc1ccc(F)cc1)N[C@@H]1CCCC[C@H]1O. The van der Waals surface area contributed by atoms with Crippen LogP contribution in [0.5, 0.6) is 0 Å². The maximum atomic E-state index is 12.7. The summed E-state index contributed by atoms with van der Waals surface area (Å²) in [5, 5.41) is 15.1. The van der Waals surface area contributed by atoms with Gasteiger partial charge in [-0.25, -0.2) is 9.18 Å². The minimum Gasteiger partial charge on any atom is -0.391 e. The van der Waals surface area contributed by atoms with E-state index in [4.69, 9.17) is 0 Å². The maximum Gasteiger partial charge on any atom is 0.319 e. The molecule has 2 amide bonds. The topological polar surface area (TPSA) is 61.4 Å². The van der Waals surface area contributed by atoms with Gasteiger partial charge in [0.15, 0.2) is 0 Å². The third kappa shape index (κ3) is 3.43. The zero-order valence-electron chi connectivity index (χ0n) is 10.0. The highest BCUT2D eigenvalue weighted by atomic mass is 19.1. The second-order valence-electron chi connectivity index (χ2n) is 4.56. The van der Waals surface area contributed by atoms with Gasteiger partial charge < -0.3 is 15.7 Å². The molecule has 4 nitrogen and oxygen atoms in total. The van der Waals surface area contributed by atoms with E-state index in [2.05, 4.69) is 10.6 Å². The number of rotatable bonds is 2. The lowest BCUT2D eigenvalue weighted by Gasteiger charge is -2.28. The minimum atomic E-state index is -0.474. The van der Waals surface area contributed by atoms with Gasteiger partial charge in [0.25, 0.3) is 0 Å². The van der Waals surface area contributed by atoms with Crippen LogP contribution in [0.1, 0.15) is 25.7 Å². The van der Waals surface area contributed by atoms with Crippen LogP contribution in [0.25, 0.3) is 0 Å². The predicted molar refractivity (Wildman–Crippen MR) is 66.8 cm³/mol. The Kier molecular flexibility index (Phi) is 4.15. The summed E-state index contributed by atoms with van der Waals surface area (Å²) < 4.78 is 12.7. The normalized spacial score (nSPS) is 23.4. The lowest BCUT2D eigenvalue weighted by atomic mass is 9.93. The second kappa shape index (κ2) is 5.82. The predicted octanol–water partition coefficient (Wildman–Crippen LogP) is 2.25. The van der Waals surface area contributed by atoms with E-state index < -0.39 is 6.10 Å². The van der Waals surface area contributed by atoms with E-state index in [0.29, 0.717) is 5.69 Å². The summed E-state index contributed by atoms with van der Waals surface area (Å²) in [6.07, 6.45) is 3.05. The van der Waals surface area contributed by atoms with Crippen LogP contribution in [0.2, 0.25) is 0 Å². The van der Waals surface area contributed by atoms with Crippen LogP contribution in [0.15, 0.2) is 24.3 Å². The van der Waals surface area contributed by atoms with Gasteiger partial charge >= 0.3 is 6.03 Å². The monoisotopic (exact) mass is 252 g/mol. The fourth-order valence-corrected chi connectivity index (χ4v) is 2.15. The summed E-state index contributed by atoms with van der Waals surface area (Å²) in [5.41, 5.74) is 0.527. The van der Waals surface area contributed by atoms with Crippen molar-refractivity contribution in [1.29, 1.82) is 0 Å². The zero-order valence-corrected chi connectivity index (χ0v) is 10.0. The van der Waals surface area contributed by atoms with Gasteiger partial charge in [-0.3, -0.25) is 0 Å². The summed E-state index contributed by atoms with van der Waals surface area (Å²) in [6.45, 7) is 0. The van der Waals surface area contributed by atoms with Gasteiger partial charge in [-0.2, -0.15) is 0 Å². The number of nitrogens with one attached hydrogen (secondary N) is 2. The molecule has 0 bridgehead atoms. The highest BCUT2D eigenvalue weighted by Crippen LogP contribution is 2.18. The van der Waals surface area contributed by atoms with Crippen molar-refractivity contribution in [3.05, 3.63) is 30.1 Å². The lowest BCUT2D eigenvalue weighted by molar-refractivity contribution is 0.0955. The first kappa shape index (κ1) is 12.8. The molecular formula is C13H17FN2O2. The molecule has 98 valence electrons. The van der Waals surface area contributed by atoms with Crippen LogP contribution in [-0.4, -0.2) is 23.3 Å². The molecule has 18 heavy (non-hydrogen) atoms. The molecule has 1 aliphatic carbocycles. The Hall–Kier alpha value is -1.62. The fourth-order valence-electron chi connectivity index (χ4n) is 2.15. The van der Waals surface area contributed by atoms with Crippen molar-refractivity contribution in [2.75, 3.05) is 5.32 Å². The molecule has 0 heterocycles. The zero-order chi connectivity index (χ0) is 13.0. The molecule has 0 unspecified atom stereocenters. The fraction of sp³-hybridized carbons (Fsp3) is 0.462. The summed E-state index contributed by atoms with van der Waals surface area (Å²) in [7, 11) is 0. The van der Waals surface area contributed by atoms with Crippen LogP contribution in [0.4, 0.5) is 14.9 Å². The molecule has 2 atom stereocenters. The minimum absolute atomic E-state index is 0.195. The van der Waals surface area contributed by atoms with Crippen LogP contribution in [0.3, 0.4) is 0 Å². The number of carbonyl (C=O) groups is 1. The van der Waals surface area contributed by atoms with Crippen LogP contribution >= 0.6 is 0 Å². The number of amides is 2.